The van der Waals surface area contributed by atoms with Crippen molar-refractivity contribution < 1.29 is 0 Å². The van der Waals surface area contributed by atoms with E-state index in [0.717, 1.165) is 5.02 Å². The normalized spacial score (nSPS) is 10.1. The Kier molecular flexibility index (Phi) is 3.63. The van der Waals surface area contributed by atoms with E-state index in [1.165, 1.54) is 9.79 Å². The quantitative estimate of drug-likeness (QED) is 0.673. The van der Waals surface area contributed by atoms with Crippen molar-refractivity contribution in [2.45, 2.75) is 9.79 Å². The maximum Gasteiger partial charge on any atom is 0.0417 e. The first kappa shape index (κ1) is 9.30. The van der Waals surface area contributed by atoms with Crippen LogP contribution in [0.15, 0.2) is 28.0 Å². The molecule has 0 N–H and O–H groups in total. The third kappa shape index (κ3) is 2.32. The molecule has 1 aromatic carbocycles. The maximum absolute atomic E-state index is 5.83. The summed E-state index contributed by atoms with van der Waals surface area (Å²) in [5, 5.41) is 0.812. The molecule has 1 aromatic rings. The predicted molar refractivity (Wildman–Crippen MR) is 55.0 cm³/mol. The van der Waals surface area contributed by atoms with Gasteiger partial charge in [0.15, 0.2) is 0 Å². The van der Waals surface area contributed by atoms with Crippen LogP contribution in [-0.4, -0.2) is 12.5 Å². The fourth-order valence-corrected chi connectivity index (χ4v) is 2.53. The monoisotopic (exact) mass is 204 g/mol. The molecule has 0 atom stereocenters. The lowest BCUT2D eigenvalue weighted by Gasteiger charge is -2.03. The second-order valence-corrected chi connectivity index (χ2v) is 4.13. The summed E-state index contributed by atoms with van der Waals surface area (Å²) in [6, 6.07) is 5.98. The molecule has 60 valence electrons. The van der Waals surface area contributed by atoms with Gasteiger partial charge >= 0.3 is 0 Å². The number of halogens is 1. The van der Waals surface area contributed by atoms with Crippen molar-refractivity contribution in [2.24, 2.45) is 0 Å². The van der Waals surface area contributed by atoms with Gasteiger partial charge in [0.1, 0.15) is 0 Å². The molecule has 0 aliphatic rings. The molecule has 0 fully saturated rings. The highest BCUT2D eigenvalue weighted by atomic mass is 35.5. The largest absolute Gasteiger partial charge is 0.128 e. The minimum Gasteiger partial charge on any atom is -0.128 e. The molecule has 1 rings (SSSR count). The SMILES string of the molecule is CSc1ccc(Cl)cc1SC. The molecule has 0 aliphatic carbocycles. The van der Waals surface area contributed by atoms with Crippen molar-refractivity contribution in [3.05, 3.63) is 23.2 Å². The second kappa shape index (κ2) is 4.29. The van der Waals surface area contributed by atoms with E-state index in [1.54, 1.807) is 23.5 Å². The predicted octanol–water partition coefficient (Wildman–Crippen LogP) is 3.78. The Labute approximate surface area is 80.7 Å². The van der Waals surface area contributed by atoms with Gasteiger partial charge in [-0.15, -0.1) is 23.5 Å². The van der Waals surface area contributed by atoms with Gasteiger partial charge in [0.25, 0.3) is 0 Å². The van der Waals surface area contributed by atoms with E-state index >= 15 is 0 Å². The Balaban J connectivity index is 3.06. The molecule has 11 heavy (non-hydrogen) atoms. The molecule has 0 aromatic heterocycles. The summed E-state index contributed by atoms with van der Waals surface area (Å²) in [6.45, 7) is 0. The van der Waals surface area contributed by atoms with Gasteiger partial charge in [0.2, 0.25) is 0 Å². The third-order valence-corrected chi connectivity index (χ3v) is 3.28. The van der Waals surface area contributed by atoms with Crippen LogP contribution < -0.4 is 0 Å². The lowest BCUT2D eigenvalue weighted by Crippen LogP contribution is -1.75. The number of hydrogen-bond donors (Lipinski definition) is 0. The van der Waals surface area contributed by atoms with Crippen LogP contribution >= 0.6 is 35.1 Å². The average Bonchev–Trinajstić information content (AvgIpc) is 2.04. The van der Waals surface area contributed by atoms with Crippen LogP contribution in [0.4, 0.5) is 0 Å². The minimum atomic E-state index is 0.812. The van der Waals surface area contributed by atoms with Crippen LogP contribution in [0.1, 0.15) is 0 Å². The van der Waals surface area contributed by atoms with E-state index in [-0.39, 0.29) is 0 Å². The molecule has 0 radical (unpaired) electrons. The highest BCUT2D eigenvalue weighted by Crippen LogP contribution is 2.30. The number of rotatable bonds is 2. The second-order valence-electron chi connectivity index (χ2n) is 2.00. The maximum atomic E-state index is 5.83. The zero-order valence-electron chi connectivity index (χ0n) is 6.43. The van der Waals surface area contributed by atoms with Crippen molar-refractivity contribution in [1.29, 1.82) is 0 Å². The fourth-order valence-electron chi connectivity index (χ4n) is 0.810. The van der Waals surface area contributed by atoms with Gasteiger partial charge in [-0.1, -0.05) is 11.6 Å². The Bertz CT molecular complexity index is 248. The number of benzene rings is 1. The van der Waals surface area contributed by atoms with Crippen molar-refractivity contribution in [3.63, 3.8) is 0 Å². The van der Waals surface area contributed by atoms with E-state index in [2.05, 4.69) is 18.6 Å². The molecule has 3 heteroatoms. The van der Waals surface area contributed by atoms with Gasteiger partial charge in [-0.3, -0.25) is 0 Å². The summed E-state index contributed by atoms with van der Waals surface area (Å²) >= 11 is 9.31. The standard InChI is InChI=1S/C8H9ClS2/c1-10-7-4-3-6(9)5-8(7)11-2/h3-5H,1-2H3. The first-order chi connectivity index (χ1) is 5.27. The molecule has 0 saturated heterocycles. The molecule has 0 nitrogen and oxygen atoms in total. The zero-order chi connectivity index (χ0) is 8.27. The van der Waals surface area contributed by atoms with Gasteiger partial charge < -0.3 is 0 Å². The summed E-state index contributed by atoms with van der Waals surface area (Å²) in [4.78, 5) is 2.55. The average molecular weight is 205 g/mol. The molecule has 0 unspecified atom stereocenters. The number of hydrogen-bond acceptors (Lipinski definition) is 2. The van der Waals surface area contributed by atoms with Gasteiger partial charge in [-0.05, 0) is 30.7 Å². The van der Waals surface area contributed by atoms with E-state index in [4.69, 9.17) is 11.6 Å². The Morgan fingerprint density at radius 2 is 1.73 bits per heavy atom. The topological polar surface area (TPSA) is 0 Å². The van der Waals surface area contributed by atoms with Crippen LogP contribution in [0.25, 0.3) is 0 Å². The smallest absolute Gasteiger partial charge is 0.0417 e. The molecule has 0 bridgehead atoms. The molecule has 0 spiro atoms. The Hall–Kier alpha value is 0.210. The lowest BCUT2D eigenvalue weighted by molar-refractivity contribution is 1.26. The van der Waals surface area contributed by atoms with Gasteiger partial charge in [-0.25, -0.2) is 0 Å². The van der Waals surface area contributed by atoms with Crippen molar-refractivity contribution in [3.8, 4) is 0 Å². The van der Waals surface area contributed by atoms with Crippen molar-refractivity contribution >= 4 is 35.1 Å². The van der Waals surface area contributed by atoms with Crippen LogP contribution in [0, 0.1) is 0 Å². The van der Waals surface area contributed by atoms with E-state index in [9.17, 15) is 0 Å². The van der Waals surface area contributed by atoms with Crippen LogP contribution in [0.3, 0.4) is 0 Å². The lowest BCUT2D eigenvalue weighted by atomic mass is 10.4. The molecule has 0 aliphatic heterocycles. The summed E-state index contributed by atoms with van der Waals surface area (Å²) in [5.41, 5.74) is 0. The minimum absolute atomic E-state index is 0.812. The van der Waals surface area contributed by atoms with Gasteiger partial charge in [-0.2, -0.15) is 0 Å². The number of thioether (sulfide) groups is 2. The van der Waals surface area contributed by atoms with Gasteiger partial charge in [0, 0.05) is 14.8 Å². The first-order valence-electron chi connectivity index (χ1n) is 3.15. The van der Waals surface area contributed by atoms with E-state index in [1.807, 2.05) is 12.1 Å². The van der Waals surface area contributed by atoms with E-state index in [0.29, 0.717) is 0 Å². The Morgan fingerprint density at radius 3 is 2.27 bits per heavy atom. The molecular formula is C8H9ClS2. The van der Waals surface area contributed by atoms with Crippen LogP contribution in [0.2, 0.25) is 5.02 Å². The molecule has 0 saturated carbocycles. The van der Waals surface area contributed by atoms with Crippen molar-refractivity contribution in [2.75, 3.05) is 12.5 Å². The summed E-state index contributed by atoms with van der Waals surface area (Å²) < 4.78 is 0. The summed E-state index contributed by atoms with van der Waals surface area (Å²) in [6.07, 6.45) is 4.13. The first-order valence-corrected chi connectivity index (χ1v) is 5.98. The zero-order valence-corrected chi connectivity index (χ0v) is 8.82. The van der Waals surface area contributed by atoms with Crippen LogP contribution in [-0.2, 0) is 0 Å². The fraction of sp³-hybridized carbons (Fsp3) is 0.250. The van der Waals surface area contributed by atoms with Gasteiger partial charge in [0.05, 0.1) is 0 Å². The molecular weight excluding hydrogens is 196 g/mol. The van der Waals surface area contributed by atoms with E-state index < -0.39 is 0 Å². The van der Waals surface area contributed by atoms with Crippen molar-refractivity contribution in [1.82, 2.24) is 0 Å². The van der Waals surface area contributed by atoms with Crippen LogP contribution in [0.5, 0.6) is 0 Å². The highest BCUT2D eigenvalue weighted by molar-refractivity contribution is 8.01. The third-order valence-electron chi connectivity index (χ3n) is 1.35. The molecule has 0 amide bonds. The Morgan fingerprint density at radius 1 is 1.09 bits per heavy atom. The highest BCUT2D eigenvalue weighted by Gasteiger charge is 1.99. The summed E-state index contributed by atoms with van der Waals surface area (Å²) in [5.74, 6) is 0. The summed E-state index contributed by atoms with van der Waals surface area (Å²) in [7, 11) is 0. The molecule has 0 heterocycles.